The number of carbonyl (C=O) groups is 1. The molecule has 7 nitrogen and oxygen atoms in total. The zero-order valence-corrected chi connectivity index (χ0v) is 14.5. The summed E-state index contributed by atoms with van der Waals surface area (Å²) in [6.07, 6.45) is 5.29. The number of hydrogen-bond donors (Lipinski definition) is 1. The number of para-hydroxylation sites is 2. The number of anilines is 1. The lowest BCUT2D eigenvalue weighted by Gasteiger charge is -2.13. The molecule has 1 amide bonds. The first-order chi connectivity index (χ1) is 13.2. The standard InChI is InChI=1S/C20H18N4O3/c21-13-16-5-7-17(8-6-16)27-14-20(25)23-18-3-1-2-4-19(18)26-12-11-24-10-9-22-15-24/h1-10,15H,11-12,14H2,(H,23,25). The predicted octanol–water partition coefficient (Wildman–Crippen LogP) is 2.85. The summed E-state index contributed by atoms with van der Waals surface area (Å²) in [7, 11) is 0. The Kier molecular flexibility index (Phi) is 6.04. The van der Waals surface area contributed by atoms with E-state index in [1.165, 1.54) is 0 Å². The molecule has 3 aromatic rings. The maximum Gasteiger partial charge on any atom is 0.262 e. The van der Waals surface area contributed by atoms with Gasteiger partial charge in [-0.05, 0) is 36.4 Å². The van der Waals surface area contributed by atoms with Crippen LogP contribution in [0.3, 0.4) is 0 Å². The minimum absolute atomic E-state index is 0.144. The molecule has 3 rings (SSSR count). The Labute approximate surface area is 156 Å². The molecule has 27 heavy (non-hydrogen) atoms. The summed E-state index contributed by atoms with van der Waals surface area (Å²) in [6, 6.07) is 15.8. The Bertz CT molecular complexity index is 915. The van der Waals surface area contributed by atoms with Crippen LogP contribution in [0.4, 0.5) is 5.69 Å². The van der Waals surface area contributed by atoms with Crippen molar-refractivity contribution in [2.75, 3.05) is 18.5 Å². The second-order valence-electron chi connectivity index (χ2n) is 5.62. The molecule has 0 radical (unpaired) electrons. The fourth-order valence-corrected chi connectivity index (χ4v) is 2.34. The Hall–Kier alpha value is -3.79. The smallest absolute Gasteiger partial charge is 0.262 e. The topological polar surface area (TPSA) is 89.2 Å². The summed E-state index contributed by atoms with van der Waals surface area (Å²) in [5, 5.41) is 11.6. The number of amides is 1. The maximum absolute atomic E-state index is 12.2. The number of nitrogens with zero attached hydrogens (tertiary/aromatic N) is 3. The third-order valence-electron chi connectivity index (χ3n) is 3.68. The first kappa shape index (κ1) is 18.0. The molecule has 0 atom stereocenters. The SMILES string of the molecule is N#Cc1ccc(OCC(=O)Nc2ccccc2OCCn2ccnc2)cc1. The monoisotopic (exact) mass is 362 g/mol. The van der Waals surface area contributed by atoms with Crippen molar-refractivity contribution in [3.05, 3.63) is 72.8 Å². The van der Waals surface area contributed by atoms with Crippen molar-refractivity contribution < 1.29 is 14.3 Å². The van der Waals surface area contributed by atoms with Crippen molar-refractivity contribution in [3.63, 3.8) is 0 Å². The second kappa shape index (κ2) is 9.06. The van der Waals surface area contributed by atoms with Gasteiger partial charge in [0.15, 0.2) is 6.61 Å². The Balaban J connectivity index is 1.51. The van der Waals surface area contributed by atoms with Crippen molar-refractivity contribution in [1.82, 2.24) is 9.55 Å². The highest BCUT2D eigenvalue weighted by molar-refractivity contribution is 5.93. The van der Waals surface area contributed by atoms with E-state index in [1.54, 1.807) is 48.9 Å². The summed E-state index contributed by atoms with van der Waals surface area (Å²) in [5.41, 5.74) is 1.12. The van der Waals surface area contributed by atoms with E-state index in [4.69, 9.17) is 14.7 Å². The zero-order valence-electron chi connectivity index (χ0n) is 14.5. The van der Waals surface area contributed by atoms with E-state index in [2.05, 4.69) is 10.3 Å². The number of benzene rings is 2. The molecule has 0 saturated carbocycles. The van der Waals surface area contributed by atoms with Gasteiger partial charge in [-0.2, -0.15) is 5.26 Å². The molecule has 0 bridgehead atoms. The quantitative estimate of drug-likeness (QED) is 0.665. The van der Waals surface area contributed by atoms with Gasteiger partial charge in [-0.25, -0.2) is 4.98 Å². The lowest BCUT2D eigenvalue weighted by Crippen LogP contribution is -2.20. The lowest BCUT2D eigenvalue weighted by atomic mass is 10.2. The Morgan fingerprint density at radius 3 is 2.70 bits per heavy atom. The molecule has 136 valence electrons. The van der Waals surface area contributed by atoms with Gasteiger partial charge in [0.2, 0.25) is 0 Å². The van der Waals surface area contributed by atoms with Gasteiger partial charge in [-0.3, -0.25) is 4.79 Å². The number of ether oxygens (including phenoxy) is 2. The zero-order chi connectivity index (χ0) is 18.9. The molecule has 0 saturated heterocycles. The van der Waals surface area contributed by atoms with Crippen LogP contribution in [0.5, 0.6) is 11.5 Å². The number of carbonyl (C=O) groups excluding carboxylic acids is 1. The molecule has 0 aliphatic carbocycles. The maximum atomic E-state index is 12.2. The van der Waals surface area contributed by atoms with Crippen LogP contribution in [0, 0.1) is 11.3 Å². The van der Waals surface area contributed by atoms with Crippen LogP contribution >= 0.6 is 0 Å². The van der Waals surface area contributed by atoms with E-state index in [0.29, 0.717) is 35.9 Å². The highest BCUT2D eigenvalue weighted by Gasteiger charge is 2.08. The van der Waals surface area contributed by atoms with Gasteiger partial charge < -0.3 is 19.4 Å². The average Bonchev–Trinajstić information content (AvgIpc) is 3.21. The Morgan fingerprint density at radius 1 is 1.15 bits per heavy atom. The van der Waals surface area contributed by atoms with E-state index in [-0.39, 0.29) is 12.5 Å². The van der Waals surface area contributed by atoms with Gasteiger partial charge in [0.1, 0.15) is 18.1 Å². The van der Waals surface area contributed by atoms with E-state index in [1.807, 2.05) is 29.0 Å². The molecule has 0 spiro atoms. The third kappa shape index (κ3) is 5.34. The predicted molar refractivity (Wildman–Crippen MR) is 99.4 cm³/mol. The lowest BCUT2D eigenvalue weighted by molar-refractivity contribution is -0.118. The number of nitrogens with one attached hydrogen (secondary N) is 1. The largest absolute Gasteiger partial charge is 0.490 e. The fourth-order valence-electron chi connectivity index (χ4n) is 2.34. The molecule has 2 aromatic carbocycles. The normalized spacial score (nSPS) is 10.0. The van der Waals surface area contributed by atoms with Crippen molar-refractivity contribution in [2.45, 2.75) is 6.54 Å². The van der Waals surface area contributed by atoms with E-state index in [0.717, 1.165) is 0 Å². The van der Waals surface area contributed by atoms with Gasteiger partial charge in [0.25, 0.3) is 5.91 Å². The van der Waals surface area contributed by atoms with Crippen LogP contribution in [0.1, 0.15) is 5.56 Å². The van der Waals surface area contributed by atoms with Crippen LogP contribution in [0.25, 0.3) is 0 Å². The first-order valence-electron chi connectivity index (χ1n) is 8.35. The summed E-state index contributed by atoms with van der Waals surface area (Å²) < 4.78 is 13.1. The van der Waals surface area contributed by atoms with Crippen LogP contribution in [-0.4, -0.2) is 28.7 Å². The van der Waals surface area contributed by atoms with Gasteiger partial charge in [-0.15, -0.1) is 0 Å². The van der Waals surface area contributed by atoms with Gasteiger partial charge in [0, 0.05) is 12.4 Å². The minimum Gasteiger partial charge on any atom is -0.490 e. The molecule has 0 aliphatic rings. The van der Waals surface area contributed by atoms with E-state index in [9.17, 15) is 4.79 Å². The molecular weight excluding hydrogens is 344 g/mol. The van der Waals surface area contributed by atoms with Crippen LogP contribution in [-0.2, 0) is 11.3 Å². The number of rotatable bonds is 8. The Morgan fingerprint density at radius 2 is 1.96 bits per heavy atom. The molecule has 7 heteroatoms. The third-order valence-corrected chi connectivity index (χ3v) is 3.68. The van der Waals surface area contributed by atoms with Gasteiger partial charge >= 0.3 is 0 Å². The average molecular weight is 362 g/mol. The molecule has 0 fully saturated rings. The number of imidazole rings is 1. The van der Waals surface area contributed by atoms with Crippen molar-refractivity contribution >= 4 is 11.6 Å². The van der Waals surface area contributed by atoms with Crippen molar-refractivity contribution in [2.24, 2.45) is 0 Å². The summed E-state index contributed by atoms with van der Waals surface area (Å²) >= 11 is 0. The molecular formula is C20H18N4O3. The van der Waals surface area contributed by atoms with Crippen molar-refractivity contribution in [3.8, 4) is 17.6 Å². The minimum atomic E-state index is -0.301. The molecule has 1 heterocycles. The molecule has 0 aliphatic heterocycles. The van der Waals surface area contributed by atoms with Gasteiger partial charge in [-0.1, -0.05) is 12.1 Å². The van der Waals surface area contributed by atoms with Crippen molar-refractivity contribution in [1.29, 1.82) is 5.26 Å². The number of aromatic nitrogens is 2. The van der Waals surface area contributed by atoms with Gasteiger partial charge in [0.05, 0.1) is 30.2 Å². The van der Waals surface area contributed by atoms with Crippen LogP contribution in [0.2, 0.25) is 0 Å². The highest BCUT2D eigenvalue weighted by Crippen LogP contribution is 2.23. The van der Waals surface area contributed by atoms with E-state index < -0.39 is 0 Å². The summed E-state index contributed by atoms with van der Waals surface area (Å²) in [4.78, 5) is 16.1. The fraction of sp³-hybridized carbons (Fsp3) is 0.150. The number of nitriles is 1. The summed E-state index contributed by atoms with van der Waals surface area (Å²) in [6.45, 7) is 0.963. The van der Waals surface area contributed by atoms with Crippen LogP contribution < -0.4 is 14.8 Å². The van der Waals surface area contributed by atoms with Crippen LogP contribution in [0.15, 0.2) is 67.3 Å². The second-order valence-corrected chi connectivity index (χ2v) is 5.62. The highest BCUT2D eigenvalue weighted by atomic mass is 16.5. The molecule has 0 unspecified atom stereocenters. The summed E-state index contributed by atoms with van der Waals surface area (Å²) in [5.74, 6) is 0.809. The first-order valence-corrected chi connectivity index (χ1v) is 8.35. The number of hydrogen-bond acceptors (Lipinski definition) is 5. The van der Waals surface area contributed by atoms with E-state index >= 15 is 0 Å². The molecule has 1 aromatic heterocycles. The molecule has 1 N–H and O–H groups in total.